The lowest BCUT2D eigenvalue weighted by Gasteiger charge is -2.44. The molecule has 1 saturated heterocycles. The van der Waals surface area contributed by atoms with Gasteiger partial charge in [0, 0.05) is 33.4 Å². The number of carbonyl (C=O) groups excluding carboxylic acids is 1. The van der Waals surface area contributed by atoms with Crippen molar-refractivity contribution in [1.82, 2.24) is 14.7 Å². The quantitative estimate of drug-likeness (QED) is 0.853. The lowest BCUT2D eigenvalue weighted by atomic mass is 9.82. The summed E-state index contributed by atoms with van der Waals surface area (Å²) >= 11 is 1.75. The van der Waals surface area contributed by atoms with Crippen LogP contribution in [0.5, 0.6) is 0 Å². The van der Waals surface area contributed by atoms with Gasteiger partial charge in [-0.05, 0) is 38.4 Å². The molecule has 0 spiro atoms. The molecule has 0 atom stereocenters. The molecule has 5 nitrogen and oxygen atoms in total. The summed E-state index contributed by atoms with van der Waals surface area (Å²) in [5.41, 5.74) is 1.13. The van der Waals surface area contributed by atoms with Gasteiger partial charge in [0.05, 0.1) is 22.7 Å². The van der Waals surface area contributed by atoms with Crippen molar-refractivity contribution in [3.05, 3.63) is 12.4 Å². The van der Waals surface area contributed by atoms with Crippen LogP contribution in [0.2, 0.25) is 0 Å². The molecule has 1 aliphatic heterocycles. The maximum absolute atomic E-state index is 12.7. The second-order valence-electron chi connectivity index (χ2n) is 6.65. The van der Waals surface area contributed by atoms with E-state index in [1.807, 2.05) is 20.3 Å². The highest BCUT2D eigenvalue weighted by Gasteiger charge is 2.46. The number of amides is 1. The Morgan fingerprint density at radius 2 is 2.05 bits per heavy atom. The predicted octanol–water partition coefficient (Wildman–Crippen LogP) is 2.40. The molecule has 0 bridgehead atoms. The molecule has 1 aromatic rings. The molecule has 122 valence electrons. The van der Waals surface area contributed by atoms with Gasteiger partial charge in [0.15, 0.2) is 0 Å². The first-order valence-electron chi connectivity index (χ1n) is 8.12. The summed E-state index contributed by atoms with van der Waals surface area (Å²) < 4.78 is 1.97. The molecule has 6 heteroatoms. The maximum Gasteiger partial charge on any atom is 0.238 e. The molecule has 1 aliphatic carbocycles. The Labute approximate surface area is 137 Å². The molecule has 0 unspecified atom stereocenters. The van der Waals surface area contributed by atoms with E-state index in [4.69, 9.17) is 0 Å². The highest BCUT2D eigenvalue weighted by Crippen LogP contribution is 2.44. The van der Waals surface area contributed by atoms with Gasteiger partial charge in [0.25, 0.3) is 0 Å². The minimum atomic E-state index is -0.101. The Balaban J connectivity index is 1.59. The number of carbonyl (C=O) groups is 1. The standard InChI is InChI=1S/C16H26N4OS/c1-18(2)14-11-17-20(12-14)13-5-9-19(10-6-13)15(21)16(22-3)7-4-8-16/h11-13H,4-10H2,1-3H3. The van der Waals surface area contributed by atoms with Crippen LogP contribution >= 0.6 is 11.8 Å². The third-order valence-electron chi connectivity index (χ3n) is 5.17. The Hall–Kier alpha value is -1.17. The molecule has 0 N–H and O–H groups in total. The van der Waals surface area contributed by atoms with E-state index >= 15 is 0 Å². The molecule has 1 aromatic heterocycles. The average Bonchev–Trinajstić information content (AvgIpc) is 2.97. The van der Waals surface area contributed by atoms with E-state index in [0.29, 0.717) is 11.9 Å². The first-order chi connectivity index (χ1) is 10.6. The summed E-state index contributed by atoms with van der Waals surface area (Å²) in [5.74, 6) is 0.374. The van der Waals surface area contributed by atoms with Crippen molar-refractivity contribution < 1.29 is 4.79 Å². The van der Waals surface area contributed by atoms with Crippen molar-refractivity contribution in [2.75, 3.05) is 38.3 Å². The Kier molecular flexibility index (Phi) is 4.39. The number of nitrogens with zero attached hydrogens (tertiary/aromatic N) is 4. The van der Waals surface area contributed by atoms with Gasteiger partial charge in [-0.1, -0.05) is 0 Å². The fourth-order valence-corrected chi connectivity index (χ4v) is 4.38. The summed E-state index contributed by atoms with van der Waals surface area (Å²) in [5, 5.41) is 4.49. The molecule has 0 aromatic carbocycles. The number of likely N-dealkylation sites (tertiary alicyclic amines) is 1. The van der Waals surface area contributed by atoms with Crippen LogP contribution in [-0.2, 0) is 4.79 Å². The van der Waals surface area contributed by atoms with Crippen molar-refractivity contribution in [2.24, 2.45) is 0 Å². The largest absolute Gasteiger partial charge is 0.375 e. The fraction of sp³-hybridized carbons (Fsp3) is 0.750. The van der Waals surface area contributed by atoms with Crippen molar-refractivity contribution in [2.45, 2.75) is 42.9 Å². The van der Waals surface area contributed by atoms with Gasteiger partial charge in [-0.25, -0.2) is 0 Å². The van der Waals surface area contributed by atoms with Gasteiger partial charge in [-0.15, -0.1) is 11.8 Å². The highest BCUT2D eigenvalue weighted by molar-refractivity contribution is 8.00. The van der Waals surface area contributed by atoms with E-state index in [-0.39, 0.29) is 4.75 Å². The van der Waals surface area contributed by atoms with Crippen LogP contribution in [0.1, 0.15) is 38.1 Å². The molecule has 1 amide bonds. The van der Waals surface area contributed by atoms with Crippen LogP contribution in [0.15, 0.2) is 12.4 Å². The zero-order valence-electron chi connectivity index (χ0n) is 13.8. The van der Waals surface area contributed by atoms with Crippen molar-refractivity contribution >= 4 is 23.4 Å². The molecular formula is C16H26N4OS. The zero-order valence-corrected chi connectivity index (χ0v) is 14.6. The van der Waals surface area contributed by atoms with Crippen molar-refractivity contribution in [1.29, 1.82) is 0 Å². The Morgan fingerprint density at radius 3 is 2.50 bits per heavy atom. The van der Waals surface area contributed by atoms with E-state index in [0.717, 1.165) is 44.5 Å². The van der Waals surface area contributed by atoms with E-state index in [9.17, 15) is 4.79 Å². The Bertz CT molecular complexity index is 524. The minimum Gasteiger partial charge on any atom is -0.375 e. The zero-order chi connectivity index (χ0) is 15.7. The molecule has 0 radical (unpaired) electrons. The summed E-state index contributed by atoms with van der Waals surface area (Å²) in [4.78, 5) is 16.9. The fourth-order valence-electron chi connectivity index (χ4n) is 3.38. The number of anilines is 1. The lowest BCUT2D eigenvalue weighted by molar-refractivity contribution is -0.137. The van der Waals surface area contributed by atoms with Gasteiger partial charge in [-0.3, -0.25) is 9.48 Å². The summed E-state index contributed by atoms with van der Waals surface area (Å²) in [6.07, 6.45) is 11.4. The van der Waals surface area contributed by atoms with Crippen LogP contribution in [0, 0.1) is 0 Å². The number of hydrogen-bond acceptors (Lipinski definition) is 4. The highest BCUT2D eigenvalue weighted by atomic mass is 32.2. The summed E-state index contributed by atoms with van der Waals surface area (Å²) in [6.45, 7) is 1.73. The normalized spacial score (nSPS) is 21.5. The molecule has 3 rings (SSSR count). The average molecular weight is 322 g/mol. The maximum atomic E-state index is 12.7. The Morgan fingerprint density at radius 1 is 1.36 bits per heavy atom. The number of piperidine rings is 1. The summed E-state index contributed by atoms with van der Waals surface area (Å²) in [7, 11) is 4.06. The summed E-state index contributed by atoms with van der Waals surface area (Å²) in [6, 6.07) is 0.421. The minimum absolute atomic E-state index is 0.101. The van der Waals surface area contributed by atoms with Crippen molar-refractivity contribution in [3.8, 4) is 0 Å². The number of hydrogen-bond donors (Lipinski definition) is 0. The van der Waals surface area contributed by atoms with Gasteiger partial charge in [-0.2, -0.15) is 5.10 Å². The smallest absolute Gasteiger partial charge is 0.238 e. The van der Waals surface area contributed by atoms with Gasteiger partial charge in [0.1, 0.15) is 0 Å². The third-order valence-corrected chi connectivity index (χ3v) is 6.54. The molecular weight excluding hydrogens is 296 g/mol. The molecule has 2 aliphatic rings. The second-order valence-corrected chi connectivity index (χ2v) is 7.84. The van der Waals surface area contributed by atoms with Gasteiger partial charge in [0.2, 0.25) is 5.91 Å². The molecule has 2 heterocycles. The molecule has 2 fully saturated rings. The monoisotopic (exact) mass is 322 g/mol. The molecule has 1 saturated carbocycles. The first kappa shape index (κ1) is 15.7. The van der Waals surface area contributed by atoms with E-state index in [1.54, 1.807) is 11.8 Å². The van der Waals surface area contributed by atoms with Crippen LogP contribution < -0.4 is 4.90 Å². The molecule has 22 heavy (non-hydrogen) atoms. The predicted molar refractivity (Wildman–Crippen MR) is 91.5 cm³/mol. The van der Waals surface area contributed by atoms with E-state index in [2.05, 4.69) is 32.0 Å². The van der Waals surface area contributed by atoms with E-state index < -0.39 is 0 Å². The second kappa shape index (κ2) is 6.14. The van der Waals surface area contributed by atoms with Crippen LogP contribution in [0.4, 0.5) is 5.69 Å². The van der Waals surface area contributed by atoms with Crippen LogP contribution in [0.25, 0.3) is 0 Å². The number of rotatable bonds is 4. The van der Waals surface area contributed by atoms with Crippen LogP contribution in [-0.4, -0.2) is 58.8 Å². The van der Waals surface area contributed by atoms with Crippen molar-refractivity contribution in [3.63, 3.8) is 0 Å². The third kappa shape index (κ3) is 2.73. The van der Waals surface area contributed by atoms with Gasteiger partial charge >= 0.3 is 0 Å². The first-order valence-corrected chi connectivity index (χ1v) is 9.34. The van der Waals surface area contributed by atoms with Crippen LogP contribution in [0.3, 0.4) is 0 Å². The number of thioether (sulfide) groups is 1. The SMILES string of the molecule is CSC1(C(=O)N2CCC(n3cc(N(C)C)cn3)CC2)CCC1. The number of aromatic nitrogens is 2. The topological polar surface area (TPSA) is 41.4 Å². The lowest BCUT2D eigenvalue weighted by Crippen LogP contribution is -2.53. The van der Waals surface area contributed by atoms with Gasteiger partial charge < -0.3 is 9.80 Å². The van der Waals surface area contributed by atoms with E-state index in [1.165, 1.54) is 6.42 Å².